The molecule has 2 N–H and O–H groups in total. The number of benzene rings is 2. The van der Waals surface area contributed by atoms with Crippen molar-refractivity contribution in [3.63, 3.8) is 0 Å². The lowest BCUT2D eigenvalue weighted by Gasteiger charge is -2.23. The van der Waals surface area contributed by atoms with Gasteiger partial charge in [0, 0.05) is 16.5 Å². The molecule has 3 aromatic rings. The van der Waals surface area contributed by atoms with Crippen molar-refractivity contribution in [1.82, 2.24) is 4.98 Å². The summed E-state index contributed by atoms with van der Waals surface area (Å²) in [6, 6.07) is 17.6. The van der Waals surface area contributed by atoms with Gasteiger partial charge < -0.3 is 10.2 Å². The van der Waals surface area contributed by atoms with E-state index in [-0.39, 0.29) is 12.0 Å². The van der Waals surface area contributed by atoms with E-state index in [1.807, 2.05) is 57.2 Å². The third-order valence-corrected chi connectivity index (χ3v) is 6.06. The number of aromatic nitrogens is 1. The second-order valence-corrected chi connectivity index (χ2v) is 10.2. The molecule has 0 bridgehead atoms. The Morgan fingerprint density at radius 2 is 1.77 bits per heavy atom. The molecule has 0 aliphatic heterocycles. The number of hydrogen-bond donors (Lipinski definition) is 2. The van der Waals surface area contributed by atoms with E-state index < -0.39 is 31.9 Å². The Kier molecular flexibility index (Phi) is 8.34. The standard InChI is InChI=1S/C27H25FNO5P/c1-27(2,3)26-22(13-14-34-35(33)17-21(30)15-25(31)32)23(18-9-11-20(28)12-10-18)16-24(29-26)19-7-5-4-6-8-19/h4-12,16,21,30H,15,17H2,1-3H3/p+1/t21-/m0/s1. The maximum absolute atomic E-state index is 13.6. The molecule has 0 aliphatic rings. The molecule has 0 saturated carbocycles. The van der Waals surface area contributed by atoms with E-state index in [9.17, 15) is 18.9 Å². The van der Waals surface area contributed by atoms with Crippen LogP contribution in [-0.2, 0) is 19.3 Å². The number of pyridine rings is 1. The average Bonchev–Trinajstić information content (AvgIpc) is 2.79. The summed E-state index contributed by atoms with van der Waals surface area (Å²) < 4.78 is 30.9. The van der Waals surface area contributed by atoms with Crippen molar-refractivity contribution < 1.29 is 28.5 Å². The van der Waals surface area contributed by atoms with Gasteiger partial charge in [-0.1, -0.05) is 63.2 Å². The van der Waals surface area contributed by atoms with Gasteiger partial charge in [0.1, 0.15) is 11.9 Å². The maximum Gasteiger partial charge on any atom is 0.567 e. The van der Waals surface area contributed by atoms with Crippen molar-refractivity contribution in [3.8, 4) is 34.4 Å². The summed E-state index contributed by atoms with van der Waals surface area (Å²) in [6.45, 7) is 5.98. The van der Waals surface area contributed by atoms with E-state index >= 15 is 0 Å². The first kappa shape index (κ1) is 26.0. The van der Waals surface area contributed by atoms with Crippen molar-refractivity contribution in [1.29, 1.82) is 0 Å². The monoisotopic (exact) mass is 494 g/mol. The van der Waals surface area contributed by atoms with Gasteiger partial charge in [0.05, 0.1) is 23.4 Å². The second-order valence-electron chi connectivity index (χ2n) is 8.99. The number of halogens is 1. The van der Waals surface area contributed by atoms with Gasteiger partial charge in [0.2, 0.25) is 6.16 Å². The summed E-state index contributed by atoms with van der Waals surface area (Å²) in [5.41, 5.74) is 3.86. The number of nitrogens with zero attached hydrogens (tertiary/aromatic N) is 1. The first-order valence-electron chi connectivity index (χ1n) is 10.9. The van der Waals surface area contributed by atoms with Crippen molar-refractivity contribution in [2.24, 2.45) is 0 Å². The zero-order chi connectivity index (χ0) is 25.6. The third kappa shape index (κ3) is 7.19. The van der Waals surface area contributed by atoms with Gasteiger partial charge in [0.15, 0.2) is 6.11 Å². The van der Waals surface area contributed by atoms with Crippen LogP contribution in [0.1, 0.15) is 38.4 Å². The van der Waals surface area contributed by atoms with Crippen LogP contribution in [0.4, 0.5) is 4.39 Å². The lowest BCUT2D eigenvalue weighted by molar-refractivity contribution is -0.138. The molecule has 1 aromatic heterocycles. The zero-order valence-electron chi connectivity index (χ0n) is 19.7. The van der Waals surface area contributed by atoms with Gasteiger partial charge in [0.25, 0.3) is 0 Å². The molecule has 1 heterocycles. The van der Waals surface area contributed by atoms with Crippen molar-refractivity contribution in [3.05, 3.63) is 77.7 Å². The van der Waals surface area contributed by atoms with E-state index in [1.165, 1.54) is 12.1 Å². The van der Waals surface area contributed by atoms with Crippen LogP contribution in [0.25, 0.3) is 22.4 Å². The Bertz CT molecular complexity index is 1280. The largest absolute Gasteiger partial charge is 0.567 e. The Balaban J connectivity index is 2.09. The number of aliphatic hydroxyl groups is 1. The molecule has 6 nitrogen and oxygen atoms in total. The highest BCUT2D eigenvalue weighted by molar-refractivity contribution is 7.39. The maximum atomic E-state index is 13.6. The molecular formula is C27H26FNO5P+. The molecule has 0 spiro atoms. The molecule has 3 rings (SSSR count). The molecule has 2 aromatic carbocycles. The number of rotatable bonds is 7. The number of carboxylic acids is 1. The number of carboxylic acid groups (broad SMARTS) is 1. The van der Waals surface area contributed by atoms with Gasteiger partial charge in [-0.2, -0.15) is 4.52 Å². The van der Waals surface area contributed by atoms with E-state index in [0.29, 0.717) is 16.8 Å². The summed E-state index contributed by atoms with van der Waals surface area (Å²) in [6.07, 6.45) is 0.261. The third-order valence-electron chi connectivity index (χ3n) is 5.05. The van der Waals surface area contributed by atoms with Crippen molar-refractivity contribution in [2.75, 3.05) is 6.16 Å². The van der Waals surface area contributed by atoms with Crippen LogP contribution in [0.2, 0.25) is 0 Å². The summed E-state index contributed by atoms with van der Waals surface area (Å²) in [5.74, 6) is 1.35. The molecule has 0 amide bonds. The summed E-state index contributed by atoms with van der Waals surface area (Å²) >= 11 is 0. The number of aliphatic carboxylic acids is 1. The molecule has 0 aliphatic carbocycles. The molecule has 2 atom stereocenters. The van der Waals surface area contributed by atoms with Gasteiger partial charge in [-0.25, -0.2) is 4.39 Å². The molecule has 35 heavy (non-hydrogen) atoms. The predicted molar refractivity (Wildman–Crippen MR) is 132 cm³/mol. The topological polar surface area (TPSA) is 96.7 Å². The fourth-order valence-corrected chi connectivity index (χ4v) is 4.12. The Morgan fingerprint density at radius 3 is 2.37 bits per heavy atom. The minimum Gasteiger partial charge on any atom is -0.481 e. The summed E-state index contributed by atoms with van der Waals surface area (Å²) in [7, 11) is -2.40. The second kappa shape index (κ2) is 11.2. The highest BCUT2D eigenvalue weighted by Crippen LogP contribution is 2.35. The van der Waals surface area contributed by atoms with Gasteiger partial charge in [-0.05, 0) is 34.2 Å². The summed E-state index contributed by atoms with van der Waals surface area (Å²) in [5, 5.41) is 18.4. The van der Waals surface area contributed by atoms with Gasteiger partial charge in [-0.15, -0.1) is 0 Å². The molecule has 0 fully saturated rings. The lowest BCUT2D eigenvalue weighted by Crippen LogP contribution is -2.17. The van der Waals surface area contributed by atoms with E-state index in [2.05, 4.69) is 12.0 Å². The number of hydrogen-bond acceptors (Lipinski definition) is 5. The SMILES string of the molecule is CC(C)(C)c1nc(-c2ccccc2)cc(-c2ccc(F)cc2)c1C#CO[P+](=O)C[C@@H](O)CC(=O)O. The fourth-order valence-electron chi connectivity index (χ4n) is 3.43. The number of carbonyl (C=O) groups is 1. The smallest absolute Gasteiger partial charge is 0.481 e. The first-order chi connectivity index (χ1) is 16.5. The molecule has 1 unspecified atom stereocenters. The normalized spacial score (nSPS) is 12.3. The van der Waals surface area contributed by atoms with Gasteiger partial charge in [-0.3, -0.25) is 9.78 Å². The van der Waals surface area contributed by atoms with E-state index in [4.69, 9.17) is 14.6 Å². The molecule has 0 radical (unpaired) electrons. The van der Waals surface area contributed by atoms with Crippen LogP contribution in [0.5, 0.6) is 0 Å². The molecule has 8 heteroatoms. The Hall–Kier alpha value is -3.59. The van der Waals surface area contributed by atoms with Gasteiger partial charge >= 0.3 is 14.0 Å². The van der Waals surface area contributed by atoms with E-state index in [0.717, 1.165) is 16.8 Å². The number of aliphatic hydroxyl groups excluding tert-OH is 1. The van der Waals surface area contributed by atoms with Crippen molar-refractivity contribution in [2.45, 2.75) is 38.7 Å². The molecular weight excluding hydrogens is 468 g/mol. The Labute approximate surface area is 204 Å². The fraction of sp³-hybridized carbons (Fsp3) is 0.259. The van der Waals surface area contributed by atoms with Crippen molar-refractivity contribution >= 4 is 14.0 Å². The first-order valence-corrected chi connectivity index (χ1v) is 12.3. The highest BCUT2D eigenvalue weighted by atomic mass is 31.1. The quantitative estimate of drug-likeness (QED) is 0.320. The van der Waals surface area contributed by atoms with Crippen LogP contribution in [0.3, 0.4) is 0 Å². The van der Waals surface area contributed by atoms with Crippen LogP contribution in [0, 0.1) is 17.8 Å². The zero-order valence-corrected chi connectivity index (χ0v) is 20.6. The lowest BCUT2D eigenvalue weighted by atomic mass is 9.84. The predicted octanol–water partition coefficient (Wildman–Crippen LogP) is 5.76. The Morgan fingerprint density at radius 1 is 1.11 bits per heavy atom. The van der Waals surface area contributed by atoms with Crippen LogP contribution < -0.4 is 0 Å². The molecule has 0 saturated heterocycles. The highest BCUT2D eigenvalue weighted by Gasteiger charge is 2.27. The average molecular weight is 494 g/mol. The van der Waals surface area contributed by atoms with Crippen LogP contribution >= 0.6 is 8.03 Å². The summed E-state index contributed by atoms with van der Waals surface area (Å²) in [4.78, 5) is 15.6. The minimum atomic E-state index is -2.40. The van der Waals surface area contributed by atoms with Crippen LogP contribution in [0.15, 0.2) is 60.7 Å². The molecule has 180 valence electrons. The van der Waals surface area contributed by atoms with E-state index in [1.54, 1.807) is 12.1 Å². The van der Waals surface area contributed by atoms with Crippen LogP contribution in [-0.4, -0.2) is 33.4 Å². The minimum absolute atomic E-state index is 0.349.